The highest BCUT2D eigenvalue weighted by molar-refractivity contribution is 7.98. The van der Waals surface area contributed by atoms with E-state index in [0.29, 0.717) is 18.3 Å². The lowest BCUT2D eigenvalue weighted by Gasteiger charge is -2.16. The van der Waals surface area contributed by atoms with Crippen LogP contribution in [0.5, 0.6) is 5.75 Å². The maximum Gasteiger partial charge on any atom is 0.573 e. The molecule has 7 nitrogen and oxygen atoms in total. The number of anilines is 1. The molecule has 11 heteroatoms. The van der Waals surface area contributed by atoms with Crippen molar-refractivity contribution in [1.29, 1.82) is 0 Å². The van der Waals surface area contributed by atoms with Crippen LogP contribution >= 0.6 is 11.8 Å². The van der Waals surface area contributed by atoms with Gasteiger partial charge in [0, 0.05) is 24.7 Å². The van der Waals surface area contributed by atoms with Gasteiger partial charge in [0.25, 0.3) is 0 Å². The maximum absolute atomic E-state index is 12.2. The number of hydrogen-bond donors (Lipinski definition) is 2. The van der Waals surface area contributed by atoms with Gasteiger partial charge in [-0.2, -0.15) is 0 Å². The molecule has 1 heterocycles. The van der Waals surface area contributed by atoms with Gasteiger partial charge in [-0.1, -0.05) is 24.6 Å². The first-order valence-corrected chi connectivity index (χ1v) is 11.0. The monoisotopic (exact) mass is 442 g/mol. The molecule has 1 fully saturated rings. The Morgan fingerprint density at radius 3 is 2.60 bits per heavy atom. The first kappa shape index (κ1) is 22.3. The van der Waals surface area contributed by atoms with Gasteiger partial charge in [0.05, 0.1) is 0 Å². The van der Waals surface area contributed by atoms with Gasteiger partial charge in [0.1, 0.15) is 11.6 Å². The average molecular weight is 443 g/mol. The number of guanidine groups is 1. The van der Waals surface area contributed by atoms with Crippen LogP contribution in [0.2, 0.25) is 0 Å². The first-order chi connectivity index (χ1) is 14.4. The molecule has 1 aromatic carbocycles. The van der Waals surface area contributed by atoms with E-state index < -0.39 is 6.36 Å². The number of aryl methyl sites for hydroxylation is 1. The molecule has 1 aliphatic rings. The molecule has 0 amide bonds. The number of nitrogens with zero attached hydrogens (tertiary/aromatic N) is 4. The van der Waals surface area contributed by atoms with Gasteiger partial charge >= 0.3 is 6.36 Å². The van der Waals surface area contributed by atoms with Crippen molar-refractivity contribution in [2.24, 2.45) is 10.7 Å². The van der Waals surface area contributed by atoms with Gasteiger partial charge in [-0.15, -0.1) is 23.4 Å². The molecule has 164 valence electrons. The molecule has 0 radical (unpaired) electrons. The lowest BCUT2D eigenvalue weighted by atomic mass is 10.2. The van der Waals surface area contributed by atoms with Crippen LogP contribution in [0.3, 0.4) is 0 Å². The molecule has 1 saturated carbocycles. The molecule has 0 unspecified atom stereocenters. The fourth-order valence-corrected chi connectivity index (χ4v) is 4.08. The third kappa shape index (κ3) is 6.28. The third-order valence-corrected chi connectivity index (χ3v) is 5.45. The zero-order valence-electron chi connectivity index (χ0n) is 16.7. The number of aliphatic imine (C=N–C) groups is 1. The van der Waals surface area contributed by atoms with Crippen molar-refractivity contribution in [3.63, 3.8) is 0 Å². The van der Waals surface area contributed by atoms with Crippen LogP contribution < -0.4 is 15.8 Å². The molecule has 0 aliphatic heterocycles. The molecular formula is C19H25F3N6OS. The van der Waals surface area contributed by atoms with Crippen molar-refractivity contribution in [2.45, 2.75) is 56.1 Å². The minimum Gasteiger partial charge on any atom is -0.406 e. The Hall–Kier alpha value is -2.43. The number of nitrogens with one attached hydrogen (secondary N) is 1. The summed E-state index contributed by atoms with van der Waals surface area (Å²) in [5.74, 6) is 0.884. The van der Waals surface area contributed by atoms with Crippen LogP contribution in [0.1, 0.15) is 44.0 Å². The van der Waals surface area contributed by atoms with Crippen LogP contribution in [-0.4, -0.2) is 39.9 Å². The third-order valence-electron chi connectivity index (χ3n) is 4.81. The molecule has 1 aromatic heterocycles. The fraction of sp³-hybridized carbons (Fsp3) is 0.526. The second kappa shape index (κ2) is 10.1. The number of alkyl halides is 3. The highest BCUT2D eigenvalue weighted by Crippen LogP contribution is 2.33. The highest BCUT2D eigenvalue weighted by Gasteiger charge is 2.31. The Bertz CT molecular complexity index is 847. The Balaban J connectivity index is 1.49. The van der Waals surface area contributed by atoms with Gasteiger partial charge in [0.15, 0.2) is 11.1 Å². The molecule has 0 atom stereocenters. The predicted octanol–water partition coefficient (Wildman–Crippen LogP) is 4.37. The normalized spacial score (nSPS) is 15.5. The summed E-state index contributed by atoms with van der Waals surface area (Å²) in [6.45, 7) is 0.500. The largest absolute Gasteiger partial charge is 0.573 e. The van der Waals surface area contributed by atoms with Crippen molar-refractivity contribution in [3.05, 3.63) is 30.1 Å². The minimum atomic E-state index is -4.71. The zero-order valence-corrected chi connectivity index (χ0v) is 17.5. The van der Waals surface area contributed by atoms with E-state index in [1.807, 2.05) is 6.26 Å². The van der Waals surface area contributed by atoms with E-state index in [1.54, 1.807) is 11.8 Å². The van der Waals surface area contributed by atoms with Gasteiger partial charge in [-0.3, -0.25) is 4.99 Å². The molecule has 0 saturated heterocycles. The standard InChI is InChI=1S/C19H25F3N6OS/c1-30-18-27-26-16(28(18)14-5-2-3-6-14)7-4-12-24-17(23)25-13-8-10-15(11-9-13)29-19(20,21)22/h8-11,14H,2-7,12H2,1H3,(H3,23,24,25). The van der Waals surface area contributed by atoms with Gasteiger partial charge in [-0.05, 0) is 49.8 Å². The summed E-state index contributed by atoms with van der Waals surface area (Å²) in [7, 11) is 0. The van der Waals surface area contributed by atoms with E-state index in [1.165, 1.54) is 49.9 Å². The van der Waals surface area contributed by atoms with E-state index in [-0.39, 0.29) is 11.7 Å². The molecule has 1 aliphatic carbocycles. The van der Waals surface area contributed by atoms with Crippen LogP contribution in [-0.2, 0) is 6.42 Å². The predicted molar refractivity (Wildman–Crippen MR) is 111 cm³/mol. The Kier molecular flexibility index (Phi) is 7.46. The van der Waals surface area contributed by atoms with Crippen molar-refractivity contribution in [2.75, 3.05) is 18.1 Å². The smallest absolute Gasteiger partial charge is 0.406 e. The lowest BCUT2D eigenvalue weighted by Crippen LogP contribution is -2.23. The van der Waals surface area contributed by atoms with Crippen molar-refractivity contribution in [1.82, 2.24) is 14.8 Å². The summed E-state index contributed by atoms with van der Waals surface area (Å²) in [4.78, 5) is 4.28. The SMILES string of the molecule is CSc1nnc(CCCN=C(N)Nc2ccc(OC(F)(F)F)cc2)n1C1CCCC1. The number of thioether (sulfide) groups is 1. The molecular weight excluding hydrogens is 417 g/mol. The van der Waals surface area contributed by atoms with Gasteiger partial charge in [0.2, 0.25) is 0 Å². The van der Waals surface area contributed by atoms with Crippen LogP contribution in [0.15, 0.2) is 34.4 Å². The lowest BCUT2D eigenvalue weighted by molar-refractivity contribution is -0.274. The summed E-state index contributed by atoms with van der Waals surface area (Å²) >= 11 is 1.61. The van der Waals surface area contributed by atoms with E-state index in [2.05, 4.69) is 29.8 Å². The van der Waals surface area contributed by atoms with Gasteiger partial charge in [-0.25, -0.2) is 0 Å². The number of benzene rings is 1. The van der Waals surface area contributed by atoms with Crippen molar-refractivity contribution >= 4 is 23.4 Å². The summed E-state index contributed by atoms with van der Waals surface area (Å²) in [5.41, 5.74) is 6.40. The summed E-state index contributed by atoms with van der Waals surface area (Å²) in [5, 5.41) is 12.5. The molecule has 3 rings (SSSR count). The number of nitrogens with two attached hydrogens (primary N) is 1. The summed E-state index contributed by atoms with van der Waals surface area (Å²) in [6, 6.07) is 5.79. The van der Waals surface area contributed by atoms with Crippen LogP contribution in [0, 0.1) is 0 Å². The Morgan fingerprint density at radius 2 is 1.97 bits per heavy atom. The quantitative estimate of drug-likeness (QED) is 0.273. The average Bonchev–Trinajstić information content (AvgIpc) is 3.34. The molecule has 30 heavy (non-hydrogen) atoms. The summed E-state index contributed by atoms with van der Waals surface area (Å²) in [6.07, 6.45) is 3.63. The second-order valence-electron chi connectivity index (χ2n) is 6.98. The maximum atomic E-state index is 12.2. The Labute approximate surface area is 177 Å². The highest BCUT2D eigenvalue weighted by atomic mass is 32.2. The van der Waals surface area contributed by atoms with Crippen molar-refractivity contribution in [3.8, 4) is 5.75 Å². The number of aromatic nitrogens is 3. The van der Waals surface area contributed by atoms with E-state index in [0.717, 1.165) is 23.8 Å². The minimum absolute atomic E-state index is 0.196. The Morgan fingerprint density at radius 1 is 1.27 bits per heavy atom. The topological polar surface area (TPSA) is 90.3 Å². The first-order valence-electron chi connectivity index (χ1n) is 9.76. The van der Waals surface area contributed by atoms with Crippen LogP contribution in [0.25, 0.3) is 0 Å². The molecule has 3 N–H and O–H groups in total. The van der Waals surface area contributed by atoms with E-state index >= 15 is 0 Å². The van der Waals surface area contributed by atoms with E-state index in [9.17, 15) is 13.2 Å². The molecule has 0 spiro atoms. The van der Waals surface area contributed by atoms with Gasteiger partial charge < -0.3 is 20.4 Å². The fourth-order valence-electron chi connectivity index (χ4n) is 3.51. The van der Waals surface area contributed by atoms with Crippen molar-refractivity contribution < 1.29 is 17.9 Å². The molecule has 0 bridgehead atoms. The number of hydrogen-bond acceptors (Lipinski definition) is 5. The number of halogens is 3. The van der Waals surface area contributed by atoms with E-state index in [4.69, 9.17) is 5.73 Å². The summed E-state index contributed by atoms with van der Waals surface area (Å²) < 4.78 is 42.7. The van der Waals surface area contributed by atoms with Crippen LogP contribution in [0.4, 0.5) is 18.9 Å². The molecule has 2 aromatic rings. The second-order valence-corrected chi connectivity index (χ2v) is 7.75. The number of rotatable bonds is 8. The zero-order chi connectivity index (χ0) is 21.6. The number of ether oxygens (including phenoxy) is 1.